The minimum absolute atomic E-state index is 0.232. The van der Waals surface area contributed by atoms with Crippen LogP contribution in [0.3, 0.4) is 0 Å². The third-order valence-electron chi connectivity index (χ3n) is 5.71. The number of rotatable bonds is 5. The molecular weight excluding hydrogens is 244 g/mol. The molecule has 2 aliphatic rings. The predicted molar refractivity (Wildman–Crippen MR) is 87.8 cm³/mol. The fraction of sp³-hybridized carbons (Fsp3) is 1.00. The topological polar surface area (TPSA) is 29.3 Å². The maximum atomic E-state index is 6.35. The van der Waals surface area contributed by atoms with Gasteiger partial charge in [0.2, 0.25) is 0 Å². The quantitative estimate of drug-likeness (QED) is 0.823. The normalized spacial score (nSPS) is 28.4. The second-order valence-electron chi connectivity index (χ2n) is 9.12. The Hall–Kier alpha value is -0.0800. The van der Waals surface area contributed by atoms with Crippen molar-refractivity contribution in [3.05, 3.63) is 0 Å². The third kappa shape index (κ3) is 3.39. The van der Waals surface area contributed by atoms with E-state index in [4.69, 9.17) is 5.73 Å². The summed E-state index contributed by atoms with van der Waals surface area (Å²) in [6, 6.07) is 0. The molecule has 0 aromatic rings. The van der Waals surface area contributed by atoms with E-state index in [1.165, 1.54) is 45.1 Å². The number of likely N-dealkylation sites (N-methyl/N-ethyl adjacent to an activating group) is 1. The second-order valence-corrected chi connectivity index (χ2v) is 9.12. The molecule has 0 saturated heterocycles. The molecule has 2 saturated carbocycles. The zero-order chi connectivity index (χ0) is 15.0. The Labute approximate surface area is 126 Å². The first-order valence-corrected chi connectivity index (χ1v) is 8.67. The second kappa shape index (κ2) is 5.61. The summed E-state index contributed by atoms with van der Waals surface area (Å²) in [5.41, 5.74) is 7.40. The molecule has 2 N–H and O–H groups in total. The summed E-state index contributed by atoms with van der Waals surface area (Å²) < 4.78 is 0. The van der Waals surface area contributed by atoms with E-state index in [-0.39, 0.29) is 5.54 Å². The molecule has 0 aromatic carbocycles. The third-order valence-corrected chi connectivity index (χ3v) is 5.71. The predicted octanol–water partition coefficient (Wildman–Crippen LogP) is 4.04. The van der Waals surface area contributed by atoms with Gasteiger partial charge in [-0.25, -0.2) is 0 Å². The van der Waals surface area contributed by atoms with Crippen LogP contribution in [0.5, 0.6) is 0 Å². The Kier molecular flexibility index (Phi) is 4.57. The van der Waals surface area contributed by atoms with Gasteiger partial charge in [-0.05, 0) is 55.4 Å². The van der Waals surface area contributed by atoms with Crippen molar-refractivity contribution in [3.63, 3.8) is 0 Å². The molecule has 0 aromatic heterocycles. The molecule has 2 fully saturated rings. The average molecular weight is 280 g/mol. The van der Waals surface area contributed by atoms with Crippen molar-refractivity contribution in [1.82, 2.24) is 4.90 Å². The molecule has 2 rings (SSSR count). The van der Waals surface area contributed by atoms with Crippen molar-refractivity contribution in [2.75, 3.05) is 19.6 Å². The fourth-order valence-electron chi connectivity index (χ4n) is 5.41. The van der Waals surface area contributed by atoms with Crippen LogP contribution in [-0.4, -0.2) is 30.1 Å². The van der Waals surface area contributed by atoms with E-state index >= 15 is 0 Å². The van der Waals surface area contributed by atoms with Gasteiger partial charge in [0, 0.05) is 18.6 Å². The Balaban J connectivity index is 2.20. The molecule has 20 heavy (non-hydrogen) atoms. The van der Waals surface area contributed by atoms with Gasteiger partial charge in [-0.2, -0.15) is 0 Å². The summed E-state index contributed by atoms with van der Waals surface area (Å²) in [4.78, 5) is 2.75. The van der Waals surface area contributed by atoms with Gasteiger partial charge >= 0.3 is 0 Å². The minimum atomic E-state index is 0.232. The molecule has 118 valence electrons. The standard InChI is InChI=1S/C18H36N2/c1-6-20(10-15-8-7-9-15)18(14-19)12-16(2,3)11-17(4,5)13-18/h15H,6-14,19H2,1-5H3. The van der Waals surface area contributed by atoms with Crippen LogP contribution < -0.4 is 5.73 Å². The monoisotopic (exact) mass is 280 g/mol. The van der Waals surface area contributed by atoms with Crippen molar-refractivity contribution in [1.29, 1.82) is 0 Å². The van der Waals surface area contributed by atoms with Gasteiger partial charge < -0.3 is 5.73 Å². The number of hydrogen-bond acceptors (Lipinski definition) is 2. The molecule has 0 heterocycles. The maximum Gasteiger partial charge on any atom is 0.0341 e. The van der Waals surface area contributed by atoms with Gasteiger partial charge in [-0.1, -0.05) is 41.0 Å². The van der Waals surface area contributed by atoms with E-state index in [0.29, 0.717) is 10.8 Å². The lowest BCUT2D eigenvalue weighted by Crippen LogP contribution is -2.61. The van der Waals surface area contributed by atoms with Gasteiger partial charge in [0.25, 0.3) is 0 Å². The molecular formula is C18H36N2. The molecule has 0 spiro atoms. The van der Waals surface area contributed by atoms with Gasteiger partial charge in [0.15, 0.2) is 0 Å². The van der Waals surface area contributed by atoms with Crippen LogP contribution in [0.2, 0.25) is 0 Å². The van der Waals surface area contributed by atoms with Crippen LogP contribution in [-0.2, 0) is 0 Å². The first-order chi connectivity index (χ1) is 9.22. The number of nitrogens with zero attached hydrogens (tertiary/aromatic N) is 1. The zero-order valence-corrected chi connectivity index (χ0v) is 14.5. The van der Waals surface area contributed by atoms with E-state index in [0.717, 1.165) is 19.0 Å². The van der Waals surface area contributed by atoms with E-state index in [2.05, 4.69) is 39.5 Å². The zero-order valence-electron chi connectivity index (χ0n) is 14.5. The minimum Gasteiger partial charge on any atom is -0.329 e. The average Bonchev–Trinajstić information content (AvgIpc) is 2.23. The van der Waals surface area contributed by atoms with Crippen LogP contribution in [0, 0.1) is 16.7 Å². The van der Waals surface area contributed by atoms with Gasteiger partial charge in [-0.15, -0.1) is 0 Å². The van der Waals surface area contributed by atoms with Crippen LogP contribution in [0.4, 0.5) is 0 Å². The summed E-state index contributed by atoms with van der Waals surface area (Å²) in [5, 5.41) is 0. The largest absolute Gasteiger partial charge is 0.329 e. The SMILES string of the molecule is CCN(CC1CCC1)C1(CN)CC(C)(C)CC(C)(C)C1. The van der Waals surface area contributed by atoms with Crippen molar-refractivity contribution >= 4 is 0 Å². The highest BCUT2D eigenvalue weighted by atomic mass is 15.2. The molecule has 0 amide bonds. The van der Waals surface area contributed by atoms with Crippen molar-refractivity contribution in [2.45, 2.75) is 78.7 Å². The van der Waals surface area contributed by atoms with Crippen molar-refractivity contribution in [2.24, 2.45) is 22.5 Å². The van der Waals surface area contributed by atoms with E-state index in [1.54, 1.807) is 0 Å². The Bertz CT molecular complexity index is 312. The molecule has 2 nitrogen and oxygen atoms in total. The van der Waals surface area contributed by atoms with E-state index in [1.807, 2.05) is 0 Å². The Morgan fingerprint density at radius 1 is 1.00 bits per heavy atom. The lowest BCUT2D eigenvalue weighted by atomic mass is 9.57. The molecule has 0 radical (unpaired) electrons. The number of hydrogen-bond donors (Lipinski definition) is 1. The van der Waals surface area contributed by atoms with E-state index in [9.17, 15) is 0 Å². The first-order valence-electron chi connectivity index (χ1n) is 8.67. The smallest absolute Gasteiger partial charge is 0.0341 e. The molecule has 0 bridgehead atoms. The molecule has 2 aliphatic carbocycles. The van der Waals surface area contributed by atoms with Crippen LogP contribution in [0.1, 0.15) is 73.1 Å². The molecule has 0 unspecified atom stereocenters. The lowest BCUT2D eigenvalue weighted by Gasteiger charge is -2.57. The fourth-order valence-corrected chi connectivity index (χ4v) is 5.41. The van der Waals surface area contributed by atoms with Crippen LogP contribution in [0.15, 0.2) is 0 Å². The summed E-state index contributed by atoms with van der Waals surface area (Å²) in [6.07, 6.45) is 8.16. The van der Waals surface area contributed by atoms with Gasteiger partial charge in [0.1, 0.15) is 0 Å². The molecule has 0 atom stereocenters. The lowest BCUT2D eigenvalue weighted by molar-refractivity contribution is -0.0517. The number of nitrogens with two attached hydrogens (primary N) is 1. The molecule has 2 heteroatoms. The van der Waals surface area contributed by atoms with Crippen molar-refractivity contribution in [3.8, 4) is 0 Å². The highest BCUT2D eigenvalue weighted by Crippen LogP contribution is 2.52. The van der Waals surface area contributed by atoms with Gasteiger partial charge in [0.05, 0.1) is 0 Å². The highest BCUT2D eigenvalue weighted by molar-refractivity contribution is 5.04. The summed E-state index contributed by atoms with van der Waals surface area (Å²) in [7, 11) is 0. The van der Waals surface area contributed by atoms with Crippen LogP contribution in [0.25, 0.3) is 0 Å². The van der Waals surface area contributed by atoms with Gasteiger partial charge in [-0.3, -0.25) is 4.90 Å². The molecule has 0 aliphatic heterocycles. The first kappa shape index (κ1) is 16.3. The maximum absolute atomic E-state index is 6.35. The Morgan fingerprint density at radius 3 is 1.90 bits per heavy atom. The highest BCUT2D eigenvalue weighted by Gasteiger charge is 2.49. The Morgan fingerprint density at radius 2 is 1.55 bits per heavy atom. The van der Waals surface area contributed by atoms with Crippen molar-refractivity contribution < 1.29 is 0 Å². The van der Waals surface area contributed by atoms with Crippen LogP contribution >= 0.6 is 0 Å². The van der Waals surface area contributed by atoms with E-state index < -0.39 is 0 Å². The summed E-state index contributed by atoms with van der Waals surface area (Å²) >= 11 is 0. The summed E-state index contributed by atoms with van der Waals surface area (Å²) in [5.74, 6) is 0.937. The summed E-state index contributed by atoms with van der Waals surface area (Å²) in [6.45, 7) is 15.3.